The molecule has 4 aromatic rings. The van der Waals surface area contributed by atoms with Gasteiger partial charge in [0, 0.05) is 18.1 Å². The van der Waals surface area contributed by atoms with Crippen molar-refractivity contribution in [3.05, 3.63) is 90.1 Å². The number of carbonyl (C=O) groups is 1. The van der Waals surface area contributed by atoms with Crippen LogP contribution in [0.1, 0.15) is 16.1 Å². The largest absolute Gasteiger partial charge is 0.321 e. The monoisotopic (exact) mass is 345 g/mol. The molecule has 2 aromatic carbocycles. The molecule has 0 fully saturated rings. The molecule has 0 aliphatic rings. The molecule has 0 bridgehead atoms. The molecule has 0 spiro atoms. The minimum absolute atomic E-state index is 0.225. The Balaban J connectivity index is 1.65. The van der Waals surface area contributed by atoms with Crippen molar-refractivity contribution in [3.8, 4) is 11.1 Å². The van der Waals surface area contributed by atoms with Crippen molar-refractivity contribution in [2.45, 2.75) is 6.92 Å². The van der Waals surface area contributed by atoms with E-state index in [1.54, 1.807) is 29.7 Å². The molecule has 2 heterocycles. The van der Waals surface area contributed by atoms with Gasteiger partial charge in [-0.05, 0) is 60.0 Å². The van der Waals surface area contributed by atoms with Gasteiger partial charge in [-0.3, -0.25) is 4.79 Å². The number of hydrogen-bond acceptors (Lipinski definition) is 2. The van der Waals surface area contributed by atoms with Crippen LogP contribution in [0.3, 0.4) is 0 Å². The number of nitrogens with zero attached hydrogens (tertiary/aromatic N) is 2. The molecule has 1 amide bonds. The van der Waals surface area contributed by atoms with Crippen molar-refractivity contribution in [1.29, 1.82) is 0 Å². The summed E-state index contributed by atoms with van der Waals surface area (Å²) in [4.78, 5) is 16.8. The third-order valence-electron chi connectivity index (χ3n) is 4.21. The lowest BCUT2D eigenvalue weighted by atomic mass is 10.1. The van der Waals surface area contributed by atoms with Crippen molar-refractivity contribution in [2.24, 2.45) is 0 Å². The molecule has 128 valence electrons. The fourth-order valence-electron chi connectivity index (χ4n) is 2.81. The van der Waals surface area contributed by atoms with Crippen LogP contribution in [-0.2, 0) is 0 Å². The van der Waals surface area contributed by atoms with Crippen LogP contribution in [-0.4, -0.2) is 15.3 Å². The number of pyridine rings is 1. The summed E-state index contributed by atoms with van der Waals surface area (Å²) in [6.07, 6.45) is 3.57. The Hall–Kier alpha value is -3.47. The number of amides is 1. The second-order valence-electron chi connectivity index (χ2n) is 6.09. The fourth-order valence-corrected chi connectivity index (χ4v) is 2.81. The molecule has 0 unspecified atom stereocenters. The van der Waals surface area contributed by atoms with Crippen LogP contribution in [0, 0.1) is 12.7 Å². The van der Waals surface area contributed by atoms with Gasteiger partial charge in [0.1, 0.15) is 17.2 Å². The Morgan fingerprint density at radius 1 is 1.00 bits per heavy atom. The van der Waals surface area contributed by atoms with E-state index in [1.807, 2.05) is 48.7 Å². The normalized spacial score (nSPS) is 10.8. The first-order chi connectivity index (χ1) is 12.6. The van der Waals surface area contributed by atoms with E-state index in [4.69, 9.17) is 0 Å². The SMILES string of the molecule is Cc1cc(-c2ccc3nc(C(=O)Nc4ccccc4)cn3c2)ccc1F. The standard InChI is InChI=1S/C21H16FN3O/c1-14-11-15(7-9-18(14)22)16-8-10-20-24-19(13-25(20)12-16)21(26)23-17-5-3-2-4-6-17/h2-13H,1H3,(H,23,26). The summed E-state index contributed by atoms with van der Waals surface area (Å²) >= 11 is 0. The summed E-state index contributed by atoms with van der Waals surface area (Å²) in [7, 11) is 0. The predicted molar refractivity (Wildman–Crippen MR) is 99.7 cm³/mol. The maximum atomic E-state index is 13.5. The molecule has 2 aromatic heterocycles. The summed E-state index contributed by atoms with van der Waals surface area (Å²) in [6.45, 7) is 1.74. The Morgan fingerprint density at radius 3 is 2.54 bits per heavy atom. The number of para-hydroxylation sites is 1. The van der Waals surface area contributed by atoms with Crippen LogP contribution >= 0.6 is 0 Å². The molecule has 0 saturated carbocycles. The maximum absolute atomic E-state index is 13.5. The van der Waals surface area contributed by atoms with E-state index in [-0.39, 0.29) is 11.7 Å². The molecule has 1 N–H and O–H groups in total. The molecule has 0 aliphatic carbocycles. The van der Waals surface area contributed by atoms with E-state index in [9.17, 15) is 9.18 Å². The van der Waals surface area contributed by atoms with Crippen LogP contribution in [0.15, 0.2) is 73.1 Å². The number of halogens is 1. The number of anilines is 1. The summed E-state index contributed by atoms with van der Waals surface area (Å²) in [5, 5.41) is 2.82. The highest BCUT2D eigenvalue weighted by atomic mass is 19.1. The van der Waals surface area contributed by atoms with Crippen LogP contribution in [0.4, 0.5) is 10.1 Å². The number of imidazole rings is 1. The van der Waals surface area contributed by atoms with E-state index in [0.717, 1.165) is 16.8 Å². The second kappa shape index (κ2) is 6.44. The lowest BCUT2D eigenvalue weighted by Crippen LogP contribution is -2.11. The summed E-state index contributed by atoms with van der Waals surface area (Å²) in [5.74, 6) is -0.489. The third-order valence-corrected chi connectivity index (χ3v) is 4.21. The zero-order valence-electron chi connectivity index (χ0n) is 14.1. The van der Waals surface area contributed by atoms with Gasteiger partial charge in [-0.15, -0.1) is 0 Å². The Bertz CT molecular complexity index is 1100. The molecule has 4 rings (SSSR count). The minimum Gasteiger partial charge on any atom is -0.321 e. The molecule has 5 heteroatoms. The van der Waals surface area contributed by atoms with Gasteiger partial charge >= 0.3 is 0 Å². The summed E-state index contributed by atoms with van der Waals surface area (Å²) in [6, 6.07) is 18.0. The molecular formula is C21H16FN3O. The highest BCUT2D eigenvalue weighted by molar-refractivity contribution is 6.03. The first kappa shape index (κ1) is 16.0. The number of fused-ring (bicyclic) bond motifs is 1. The van der Waals surface area contributed by atoms with Crippen molar-refractivity contribution >= 4 is 17.2 Å². The van der Waals surface area contributed by atoms with Crippen molar-refractivity contribution in [3.63, 3.8) is 0 Å². The van der Waals surface area contributed by atoms with E-state index in [0.29, 0.717) is 16.9 Å². The third kappa shape index (κ3) is 3.07. The van der Waals surface area contributed by atoms with Crippen molar-refractivity contribution < 1.29 is 9.18 Å². The van der Waals surface area contributed by atoms with Crippen LogP contribution in [0.25, 0.3) is 16.8 Å². The smallest absolute Gasteiger partial charge is 0.275 e. The number of rotatable bonds is 3. The minimum atomic E-state index is -0.265. The van der Waals surface area contributed by atoms with Crippen molar-refractivity contribution in [1.82, 2.24) is 9.38 Å². The van der Waals surface area contributed by atoms with Crippen LogP contribution in [0.2, 0.25) is 0 Å². The Morgan fingerprint density at radius 2 is 1.77 bits per heavy atom. The molecule has 0 saturated heterocycles. The van der Waals surface area contributed by atoms with Gasteiger partial charge in [0.2, 0.25) is 0 Å². The zero-order chi connectivity index (χ0) is 18.1. The van der Waals surface area contributed by atoms with Crippen LogP contribution in [0.5, 0.6) is 0 Å². The van der Waals surface area contributed by atoms with Crippen molar-refractivity contribution in [2.75, 3.05) is 5.32 Å². The number of aryl methyl sites for hydroxylation is 1. The number of nitrogens with one attached hydrogen (secondary N) is 1. The molecule has 4 nitrogen and oxygen atoms in total. The highest BCUT2D eigenvalue weighted by Crippen LogP contribution is 2.23. The molecule has 0 aliphatic heterocycles. The van der Waals surface area contributed by atoms with Gasteiger partial charge in [-0.1, -0.05) is 24.3 Å². The second-order valence-corrected chi connectivity index (χ2v) is 6.09. The number of hydrogen-bond donors (Lipinski definition) is 1. The van der Waals surface area contributed by atoms with Gasteiger partial charge in [-0.2, -0.15) is 0 Å². The van der Waals surface area contributed by atoms with E-state index < -0.39 is 0 Å². The Kier molecular flexibility index (Phi) is 3.97. The summed E-state index contributed by atoms with van der Waals surface area (Å²) < 4.78 is 15.3. The van der Waals surface area contributed by atoms with Gasteiger partial charge in [0.05, 0.1) is 0 Å². The fraction of sp³-hybridized carbons (Fsp3) is 0.0476. The Labute approximate surface area is 149 Å². The average Bonchev–Trinajstić information content (AvgIpc) is 3.08. The summed E-state index contributed by atoms with van der Waals surface area (Å²) in [5.41, 5.74) is 4.16. The van der Waals surface area contributed by atoms with Gasteiger partial charge in [0.25, 0.3) is 5.91 Å². The average molecular weight is 345 g/mol. The number of aromatic nitrogens is 2. The van der Waals surface area contributed by atoms with Crippen LogP contribution < -0.4 is 5.32 Å². The molecule has 0 radical (unpaired) electrons. The lowest BCUT2D eigenvalue weighted by Gasteiger charge is -2.04. The van der Waals surface area contributed by atoms with Gasteiger partial charge < -0.3 is 9.72 Å². The zero-order valence-corrected chi connectivity index (χ0v) is 14.1. The van der Waals surface area contributed by atoms with Gasteiger partial charge in [-0.25, -0.2) is 9.37 Å². The number of benzene rings is 2. The number of carbonyl (C=O) groups excluding carboxylic acids is 1. The highest BCUT2D eigenvalue weighted by Gasteiger charge is 2.12. The van der Waals surface area contributed by atoms with E-state index >= 15 is 0 Å². The molecule has 26 heavy (non-hydrogen) atoms. The topological polar surface area (TPSA) is 46.4 Å². The lowest BCUT2D eigenvalue weighted by molar-refractivity contribution is 0.102. The quantitative estimate of drug-likeness (QED) is 0.585. The maximum Gasteiger partial charge on any atom is 0.275 e. The molecule has 0 atom stereocenters. The first-order valence-electron chi connectivity index (χ1n) is 8.22. The first-order valence-corrected chi connectivity index (χ1v) is 8.22. The van der Waals surface area contributed by atoms with Gasteiger partial charge in [0.15, 0.2) is 0 Å². The predicted octanol–water partition coefficient (Wildman–Crippen LogP) is 4.70. The van der Waals surface area contributed by atoms with E-state index in [1.165, 1.54) is 6.07 Å². The van der Waals surface area contributed by atoms with E-state index in [2.05, 4.69) is 10.3 Å². The molecular weight excluding hydrogens is 329 g/mol.